The Kier molecular flexibility index (Phi) is 6.59. The number of nitrogens with one attached hydrogen (secondary N) is 1. The molecule has 0 aliphatic carbocycles. The topological polar surface area (TPSA) is 96.0 Å². The zero-order valence-electron chi connectivity index (χ0n) is 18.0. The minimum Gasteiger partial charge on any atom is -0.379 e. The Morgan fingerprint density at radius 2 is 1.84 bits per heavy atom. The van der Waals surface area contributed by atoms with Crippen LogP contribution in [-0.4, -0.2) is 63.7 Å². The zero-order chi connectivity index (χ0) is 22.7. The highest BCUT2D eigenvalue weighted by atomic mass is 32.2. The molecular formula is C23H27N3O5S. The third kappa shape index (κ3) is 4.85. The molecule has 1 N–H and O–H groups in total. The maximum absolute atomic E-state index is 12.8. The number of carbonyl (C=O) groups is 2. The van der Waals surface area contributed by atoms with Gasteiger partial charge in [-0.25, -0.2) is 12.7 Å². The van der Waals surface area contributed by atoms with Crippen LogP contribution in [0.2, 0.25) is 0 Å². The van der Waals surface area contributed by atoms with Crippen molar-refractivity contribution in [2.45, 2.75) is 19.4 Å². The van der Waals surface area contributed by atoms with Gasteiger partial charge < -0.3 is 10.1 Å². The zero-order valence-corrected chi connectivity index (χ0v) is 18.8. The lowest BCUT2D eigenvalue weighted by molar-refractivity contribution is -0.116. The second-order valence-electron chi connectivity index (χ2n) is 8.06. The van der Waals surface area contributed by atoms with E-state index in [0.717, 1.165) is 28.5 Å². The number of ether oxygens (including phenoxy) is 1. The molecule has 2 saturated heterocycles. The first kappa shape index (κ1) is 22.4. The van der Waals surface area contributed by atoms with E-state index in [0.29, 0.717) is 25.3 Å². The van der Waals surface area contributed by atoms with Gasteiger partial charge in [0.1, 0.15) is 0 Å². The van der Waals surface area contributed by atoms with Crippen molar-refractivity contribution >= 4 is 27.5 Å². The molecule has 0 spiro atoms. The minimum absolute atomic E-state index is 0.0214. The monoisotopic (exact) mass is 457 g/mol. The van der Waals surface area contributed by atoms with E-state index in [-0.39, 0.29) is 29.8 Å². The fraction of sp³-hybridized carbons (Fsp3) is 0.391. The molecule has 32 heavy (non-hydrogen) atoms. The number of aryl methyl sites for hydroxylation is 1. The van der Waals surface area contributed by atoms with Crippen LogP contribution in [0.15, 0.2) is 48.5 Å². The molecule has 0 aromatic heterocycles. The predicted octanol–water partition coefficient (Wildman–Crippen LogP) is 1.86. The number of hydrogen-bond acceptors (Lipinski definition) is 6. The Labute approximate surface area is 188 Å². The van der Waals surface area contributed by atoms with E-state index in [1.807, 2.05) is 19.1 Å². The average molecular weight is 458 g/mol. The van der Waals surface area contributed by atoms with Gasteiger partial charge in [0.15, 0.2) is 0 Å². The van der Waals surface area contributed by atoms with Gasteiger partial charge in [0, 0.05) is 31.6 Å². The second kappa shape index (κ2) is 9.40. The molecule has 9 heteroatoms. The number of nitrogens with zero attached hydrogens (tertiary/aromatic N) is 2. The number of sulfonamides is 1. The molecule has 2 aliphatic rings. The van der Waals surface area contributed by atoms with E-state index in [4.69, 9.17) is 4.74 Å². The number of carbonyl (C=O) groups excluding carboxylic acids is 2. The predicted molar refractivity (Wildman–Crippen MR) is 121 cm³/mol. The second-order valence-corrected chi connectivity index (χ2v) is 10.00. The molecule has 2 heterocycles. The Morgan fingerprint density at radius 3 is 2.47 bits per heavy atom. The molecule has 4 rings (SSSR count). The largest absolute Gasteiger partial charge is 0.379 e. The highest BCUT2D eigenvalue weighted by Crippen LogP contribution is 2.26. The normalized spacial score (nSPS) is 19.7. The van der Waals surface area contributed by atoms with Crippen LogP contribution >= 0.6 is 0 Å². The molecule has 2 aliphatic heterocycles. The standard InChI is InChI=1S/C23H27N3O5S/c1-17-3-2-4-19(15-17)21(25-10-12-31-13-11-25)16-24-23(28)18-5-7-20(8-6-18)26-22(27)9-14-32(26,29)30/h2-8,15,21H,9-14,16H2,1H3,(H,24,28)/t21-/m1/s1. The van der Waals surface area contributed by atoms with Crippen molar-refractivity contribution in [3.63, 3.8) is 0 Å². The summed E-state index contributed by atoms with van der Waals surface area (Å²) in [5.74, 6) is -0.887. The van der Waals surface area contributed by atoms with Crippen molar-refractivity contribution in [3.05, 3.63) is 65.2 Å². The van der Waals surface area contributed by atoms with Gasteiger partial charge in [0.05, 0.1) is 30.7 Å². The van der Waals surface area contributed by atoms with E-state index in [1.165, 1.54) is 12.1 Å². The Balaban J connectivity index is 1.46. The molecule has 0 unspecified atom stereocenters. The number of anilines is 1. The molecule has 2 aromatic carbocycles. The lowest BCUT2D eigenvalue weighted by Gasteiger charge is -2.35. The van der Waals surface area contributed by atoms with Crippen LogP contribution < -0.4 is 9.62 Å². The van der Waals surface area contributed by atoms with E-state index in [1.54, 1.807) is 12.1 Å². The Hall–Kier alpha value is -2.75. The van der Waals surface area contributed by atoms with Crippen LogP contribution in [0.1, 0.15) is 33.9 Å². The number of amides is 2. The summed E-state index contributed by atoms with van der Waals surface area (Å²) in [5, 5.41) is 3.01. The maximum atomic E-state index is 12.8. The molecule has 2 fully saturated rings. The summed E-state index contributed by atoms with van der Waals surface area (Å²) in [5.41, 5.74) is 2.96. The number of morpholine rings is 1. The summed E-state index contributed by atoms with van der Waals surface area (Å²) in [6.07, 6.45) is -0.0214. The summed E-state index contributed by atoms with van der Waals surface area (Å²) in [6.45, 7) is 5.39. The van der Waals surface area contributed by atoms with Crippen LogP contribution in [0, 0.1) is 6.92 Å². The minimum atomic E-state index is -3.62. The third-order valence-corrected chi connectivity index (χ3v) is 7.50. The summed E-state index contributed by atoms with van der Waals surface area (Å²) >= 11 is 0. The fourth-order valence-corrected chi connectivity index (χ4v) is 5.59. The first-order chi connectivity index (χ1) is 15.3. The number of rotatable bonds is 6. The Bertz CT molecular complexity index is 1090. The SMILES string of the molecule is Cc1cccc([C@@H](CNC(=O)c2ccc(N3C(=O)CCS3(=O)=O)cc2)N2CCOCC2)c1. The van der Waals surface area contributed by atoms with Crippen molar-refractivity contribution in [1.82, 2.24) is 10.2 Å². The summed E-state index contributed by atoms with van der Waals surface area (Å²) in [7, 11) is -3.62. The molecule has 2 aromatic rings. The van der Waals surface area contributed by atoms with Crippen LogP contribution in [0.3, 0.4) is 0 Å². The van der Waals surface area contributed by atoms with Crippen LogP contribution in [0.5, 0.6) is 0 Å². The lowest BCUT2D eigenvalue weighted by Crippen LogP contribution is -2.43. The van der Waals surface area contributed by atoms with Gasteiger partial charge in [0.25, 0.3) is 5.91 Å². The highest BCUT2D eigenvalue weighted by molar-refractivity contribution is 7.94. The third-order valence-electron chi connectivity index (χ3n) is 5.81. The quantitative estimate of drug-likeness (QED) is 0.712. The maximum Gasteiger partial charge on any atom is 0.251 e. The van der Waals surface area contributed by atoms with Crippen LogP contribution in [0.25, 0.3) is 0 Å². The average Bonchev–Trinajstić information content (AvgIpc) is 3.07. The summed E-state index contributed by atoms with van der Waals surface area (Å²) < 4.78 is 30.5. The molecule has 1 atom stereocenters. The molecule has 0 bridgehead atoms. The number of hydrogen-bond donors (Lipinski definition) is 1. The highest BCUT2D eigenvalue weighted by Gasteiger charge is 2.36. The first-order valence-corrected chi connectivity index (χ1v) is 12.3. The molecule has 0 radical (unpaired) electrons. The fourth-order valence-electron chi connectivity index (χ4n) is 4.13. The van der Waals surface area contributed by atoms with Crippen LogP contribution in [0.4, 0.5) is 5.69 Å². The van der Waals surface area contributed by atoms with Gasteiger partial charge in [-0.1, -0.05) is 29.8 Å². The molecule has 8 nitrogen and oxygen atoms in total. The number of benzene rings is 2. The van der Waals surface area contributed by atoms with E-state index >= 15 is 0 Å². The van der Waals surface area contributed by atoms with Crippen molar-refractivity contribution in [1.29, 1.82) is 0 Å². The summed E-state index contributed by atoms with van der Waals surface area (Å²) in [6, 6.07) is 14.4. The van der Waals surface area contributed by atoms with Gasteiger partial charge in [-0.05, 0) is 36.8 Å². The van der Waals surface area contributed by atoms with Crippen molar-refractivity contribution in [2.75, 3.05) is 42.9 Å². The van der Waals surface area contributed by atoms with E-state index < -0.39 is 15.9 Å². The van der Waals surface area contributed by atoms with Gasteiger partial charge in [-0.2, -0.15) is 0 Å². The molecule has 2 amide bonds. The molecule has 170 valence electrons. The summed E-state index contributed by atoms with van der Waals surface area (Å²) in [4.78, 5) is 27.1. The van der Waals surface area contributed by atoms with Gasteiger partial charge in [0.2, 0.25) is 15.9 Å². The first-order valence-electron chi connectivity index (χ1n) is 10.7. The van der Waals surface area contributed by atoms with Crippen molar-refractivity contribution in [2.24, 2.45) is 0 Å². The van der Waals surface area contributed by atoms with Gasteiger partial charge in [-0.3, -0.25) is 14.5 Å². The van der Waals surface area contributed by atoms with E-state index in [9.17, 15) is 18.0 Å². The van der Waals surface area contributed by atoms with Crippen molar-refractivity contribution < 1.29 is 22.7 Å². The van der Waals surface area contributed by atoms with Crippen LogP contribution in [-0.2, 0) is 19.6 Å². The molecule has 0 saturated carbocycles. The van der Waals surface area contributed by atoms with Gasteiger partial charge >= 0.3 is 0 Å². The Morgan fingerprint density at radius 1 is 1.12 bits per heavy atom. The van der Waals surface area contributed by atoms with Crippen molar-refractivity contribution in [3.8, 4) is 0 Å². The van der Waals surface area contributed by atoms with E-state index in [2.05, 4.69) is 22.3 Å². The molecular weight excluding hydrogens is 430 g/mol. The smallest absolute Gasteiger partial charge is 0.251 e. The van der Waals surface area contributed by atoms with Gasteiger partial charge in [-0.15, -0.1) is 0 Å². The lowest BCUT2D eigenvalue weighted by atomic mass is 10.0.